The Kier molecular flexibility index (Phi) is 3.85. The lowest BCUT2D eigenvalue weighted by molar-refractivity contribution is -0.122. The van der Waals surface area contributed by atoms with Gasteiger partial charge in [0.2, 0.25) is 5.91 Å². The summed E-state index contributed by atoms with van der Waals surface area (Å²) >= 11 is 0. The number of unbranched alkanes of at least 4 members (excludes halogenated alkanes) is 3. The molecule has 0 spiro atoms. The molecular weight excluding hydrogens is 150 g/mol. The van der Waals surface area contributed by atoms with E-state index in [1.165, 1.54) is 25.7 Å². The Morgan fingerprint density at radius 1 is 1.42 bits per heavy atom. The zero-order valence-electron chi connectivity index (χ0n) is 7.68. The van der Waals surface area contributed by atoms with Crippen LogP contribution in [0.25, 0.3) is 0 Å². The maximum atomic E-state index is 11.1. The van der Waals surface area contributed by atoms with E-state index in [-0.39, 0.29) is 11.8 Å². The van der Waals surface area contributed by atoms with Crippen LogP contribution in [-0.2, 0) is 4.79 Å². The van der Waals surface area contributed by atoms with Crippen molar-refractivity contribution in [2.24, 2.45) is 5.92 Å². The molecule has 0 aromatic rings. The van der Waals surface area contributed by atoms with E-state index in [9.17, 15) is 4.79 Å². The molecular formula is C10H17NO. The van der Waals surface area contributed by atoms with Gasteiger partial charge in [-0.15, -0.1) is 0 Å². The Balaban J connectivity index is 2.06. The molecule has 1 unspecified atom stereocenters. The summed E-state index contributed by atoms with van der Waals surface area (Å²) in [6.45, 7) is 2.20. The zero-order chi connectivity index (χ0) is 8.81. The van der Waals surface area contributed by atoms with E-state index in [1.54, 1.807) is 6.20 Å². The standard InChI is InChI=1S/C10H17NO/c1-2-3-4-5-6-9-7-8-11-10(9)12/h7-9H,2-6H2,1H3,(H,11,12). The van der Waals surface area contributed by atoms with Crippen molar-refractivity contribution in [3.63, 3.8) is 0 Å². The molecule has 0 radical (unpaired) electrons. The largest absolute Gasteiger partial charge is 0.332 e. The molecule has 2 nitrogen and oxygen atoms in total. The molecule has 1 aliphatic rings. The van der Waals surface area contributed by atoms with Crippen molar-refractivity contribution < 1.29 is 4.79 Å². The molecule has 0 aromatic heterocycles. The fraction of sp³-hybridized carbons (Fsp3) is 0.700. The summed E-state index contributed by atoms with van der Waals surface area (Å²) in [5.41, 5.74) is 0. The first-order valence-corrected chi connectivity index (χ1v) is 4.81. The Labute approximate surface area is 74.0 Å². The molecule has 12 heavy (non-hydrogen) atoms. The number of carbonyl (C=O) groups is 1. The predicted molar refractivity (Wildman–Crippen MR) is 49.5 cm³/mol. The number of hydrogen-bond donors (Lipinski definition) is 1. The van der Waals surface area contributed by atoms with Crippen LogP contribution in [0.4, 0.5) is 0 Å². The van der Waals surface area contributed by atoms with Gasteiger partial charge in [0, 0.05) is 6.20 Å². The second-order valence-electron chi connectivity index (χ2n) is 3.32. The van der Waals surface area contributed by atoms with Crippen molar-refractivity contribution in [1.82, 2.24) is 5.32 Å². The second-order valence-corrected chi connectivity index (χ2v) is 3.32. The van der Waals surface area contributed by atoms with Crippen LogP contribution in [0, 0.1) is 5.92 Å². The fourth-order valence-electron chi connectivity index (χ4n) is 1.46. The topological polar surface area (TPSA) is 29.1 Å². The highest BCUT2D eigenvalue weighted by molar-refractivity contribution is 5.83. The molecule has 2 heteroatoms. The molecule has 1 amide bonds. The predicted octanol–water partition coefficient (Wildman–Crippen LogP) is 2.22. The van der Waals surface area contributed by atoms with E-state index in [2.05, 4.69) is 12.2 Å². The maximum absolute atomic E-state index is 11.1. The number of nitrogens with one attached hydrogen (secondary N) is 1. The first-order chi connectivity index (χ1) is 5.84. The molecule has 1 N–H and O–H groups in total. The SMILES string of the molecule is CCCCCCC1C=CNC1=O. The molecule has 0 saturated heterocycles. The molecule has 1 heterocycles. The maximum Gasteiger partial charge on any atom is 0.230 e. The highest BCUT2D eigenvalue weighted by Gasteiger charge is 2.17. The monoisotopic (exact) mass is 167 g/mol. The van der Waals surface area contributed by atoms with Crippen molar-refractivity contribution in [1.29, 1.82) is 0 Å². The van der Waals surface area contributed by atoms with E-state index in [0.29, 0.717) is 0 Å². The Bertz CT molecular complexity index is 175. The van der Waals surface area contributed by atoms with Crippen LogP contribution in [-0.4, -0.2) is 5.91 Å². The molecule has 0 bridgehead atoms. The smallest absolute Gasteiger partial charge is 0.230 e. The molecule has 0 saturated carbocycles. The van der Waals surface area contributed by atoms with Crippen LogP contribution >= 0.6 is 0 Å². The van der Waals surface area contributed by atoms with Crippen molar-refractivity contribution in [2.45, 2.75) is 39.0 Å². The summed E-state index contributed by atoms with van der Waals surface area (Å²) in [5.74, 6) is 0.327. The van der Waals surface area contributed by atoms with Gasteiger partial charge in [-0.1, -0.05) is 38.7 Å². The number of hydrogen-bond acceptors (Lipinski definition) is 1. The van der Waals surface area contributed by atoms with Gasteiger partial charge in [0.15, 0.2) is 0 Å². The lowest BCUT2D eigenvalue weighted by Gasteiger charge is -2.04. The number of rotatable bonds is 5. The van der Waals surface area contributed by atoms with Crippen LogP contribution in [0.15, 0.2) is 12.3 Å². The van der Waals surface area contributed by atoms with Crippen LogP contribution in [0.2, 0.25) is 0 Å². The van der Waals surface area contributed by atoms with E-state index in [4.69, 9.17) is 0 Å². The lowest BCUT2D eigenvalue weighted by atomic mass is 10.0. The van der Waals surface area contributed by atoms with E-state index in [0.717, 1.165) is 6.42 Å². The van der Waals surface area contributed by atoms with Crippen LogP contribution in [0.1, 0.15) is 39.0 Å². The summed E-state index contributed by atoms with van der Waals surface area (Å²) in [5, 5.41) is 2.69. The molecule has 1 rings (SSSR count). The van der Waals surface area contributed by atoms with Gasteiger partial charge in [-0.05, 0) is 6.42 Å². The van der Waals surface area contributed by atoms with Gasteiger partial charge in [0.25, 0.3) is 0 Å². The third-order valence-electron chi connectivity index (χ3n) is 2.26. The molecule has 1 aliphatic heterocycles. The molecule has 1 atom stereocenters. The van der Waals surface area contributed by atoms with Crippen molar-refractivity contribution in [2.75, 3.05) is 0 Å². The summed E-state index contributed by atoms with van der Waals surface area (Å²) < 4.78 is 0. The zero-order valence-corrected chi connectivity index (χ0v) is 7.68. The average Bonchev–Trinajstić information content (AvgIpc) is 2.46. The second kappa shape index (κ2) is 4.96. The van der Waals surface area contributed by atoms with Gasteiger partial charge in [-0.3, -0.25) is 4.79 Å². The summed E-state index contributed by atoms with van der Waals surface area (Å²) in [6.07, 6.45) is 9.72. The molecule has 0 aliphatic carbocycles. The first kappa shape index (κ1) is 9.30. The Hall–Kier alpha value is -0.790. The minimum atomic E-state index is 0.154. The average molecular weight is 167 g/mol. The first-order valence-electron chi connectivity index (χ1n) is 4.81. The lowest BCUT2D eigenvalue weighted by Crippen LogP contribution is -2.18. The Morgan fingerprint density at radius 3 is 2.83 bits per heavy atom. The van der Waals surface area contributed by atoms with Crippen LogP contribution < -0.4 is 5.32 Å². The van der Waals surface area contributed by atoms with Gasteiger partial charge < -0.3 is 5.32 Å². The normalized spacial score (nSPS) is 21.4. The van der Waals surface area contributed by atoms with Gasteiger partial charge in [0.05, 0.1) is 5.92 Å². The molecule has 68 valence electrons. The summed E-state index contributed by atoms with van der Waals surface area (Å²) in [7, 11) is 0. The number of carbonyl (C=O) groups excluding carboxylic acids is 1. The van der Waals surface area contributed by atoms with Gasteiger partial charge in [-0.25, -0.2) is 0 Å². The Morgan fingerprint density at radius 2 is 2.25 bits per heavy atom. The van der Waals surface area contributed by atoms with E-state index < -0.39 is 0 Å². The highest BCUT2D eigenvalue weighted by atomic mass is 16.2. The van der Waals surface area contributed by atoms with Gasteiger partial charge in [0.1, 0.15) is 0 Å². The van der Waals surface area contributed by atoms with Gasteiger partial charge in [-0.2, -0.15) is 0 Å². The molecule has 0 aromatic carbocycles. The van der Waals surface area contributed by atoms with Crippen molar-refractivity contribution in [3.05, 3.63) is 12.3 Å². The quantitative estimate of drug-likeness (QED) is 0.625. The van der Waals surface area contributed by atoms with Crippen LogP contribution in [0.3, 0.4) is 0 Å². The third-order valence-corrected chi connectivity index (χ3v) is 2.26. The minimum Gasteiger partial charge on any atom is -0.332 e. The van der Waals surface area contributed by atoms with Crippen molar-refractivity contribution >= 4 is 5.91 Å². The van der Waals surface area contributed by atoms with E-state index in [1.807, 2.05) is 6.08 Å². The third kappa shape index (κ3) is 2.68. The number of amides is 1. The minimum absolute atomic E-state index is 0.154. The van der Waals surface area contributed by atoms with Crippen molar-refractivity contribution in [3.8, 4) is 0 Å². The summed E-state index contributed by atoms with van der Waals surface area (Å²) in [6, 6.07) is 0. The fourth-order valence-corrected chi connectivity index (χ4v) is 1.46. The van der Waals surface area contributed by atoms with Gasteiger partial charge >= 0.3 is 0 Å². The molecule has 0 fully saturated rings. The van der Waals surface area contributed by atoms with E-state index >= 15 is 0 Å². The highest BCUT2D eigenvalue weighted by Crippen LogP contribution is 2.15. The van der Waals surface area contributed by atoms with Crippen LogP contribution in [0.5, 0.6) is 0 Å². The summed E-state index contributed by atoms with van der Waals surface area (Å²) in [4.78, 5) is 11.1.